The third-order valence-electron chi connectivity index (χ3n) is 0.515. The summed E-state index contributed by atoms with van der Waals surface area (Å²) >= 11 is 0. The first kappa shape index (κ1) is 8.82. The van der Waals surface area contributed by atoms with Gasteiger partial charge >= 0.3 is 7.60 Å². The normalized spacial score (nSPS) is 10.8. The van der Waals surface area contributed by atoms with E-state index in [4.69, 9.17) is 11.2 Å². The summed E-state index contributed by atoms with van der Waals surface area (Å²) in [7, 11) is -3.67. The first-order chi connectivity index (χ1) is 4.47. The summed E-state index contributed by atoms with van der Waals surface area (Å²) in [5, 5.41) is 2.50. The molecule has 56 valence electrons. The second-order valence-electron chi connectivity index (χ2n) is 1.39. The maximum Gasteiger partial charge on any atom is 0.325 e. The van der Waals surface area contributed by atoms with Crippen LogP contribution in [0.15, 0.2) is 0 Å². The molecule has 0 atom stereocenters. The molecule has 0 saturated heterocycles. The molecule has 0 aromatic carbocycles. The molecule has 0 aliphatic rings. The molecule has 4 nitrogen and oxygen atoms in total. The Bertz CT molecular complexity index is 124. The minimum Gasteiger partial charge on any atom is -0.324 e. The molecule has 0 fully saturated rings. The van der Waals surface area contributed by atoms with Crippen molar-refractivity contribution in [1.29, 1.82) is 5.40 Å². The van der Waals surface area contributed by atoms with Gasteiger partial charge in [-0.2, -0.15) is 0 Å². The lowest BCUT2D eigenvalue weighted by molar-refractivity contribution is 0.372. The van der Waals surface area contributed by atoms with Gasteiger partial charge in [0.2, 0.25) is 0 Å². The van der Waals surface area contributed by atoms with Crippen LogP contribution in [0.4, 0.5) is 0 Å². The Balaban J connectivity index is 0. The minimum absolute atomic E-state index is 0.00694. The van der Waals surface area contributed by atoms with E-state index >= 15 is 0 Å². The highest BCUT2D eigenvalue weighted by Gasteiger charge is 2.08. The molecule has 0 radical (unpaired) electrons. The van der Waals surface area contributed by atoms with E-state index in [2.05, 4.69) is 12.1 Å². The van der Waals surface area contributed by atoms with E-state index in [1.165, 1.54) is 0 Å². The molecular formula is C4H12NO3P. The van der Waals surface area contributed by atoms with Crippen LogP contribution >= 0.6 is 7.60 Å². The van der Waals surface area contributed by atoms with Crippen molar-refractivity contribution >= 4 is 14.3 Å². The highest BCUT2D eigenvalue weighted by Crippen LogP contribution is 2.34. The molecule has 0 aromatic heterocycles. The summed E-state index contributed by atoms with van der Waals surface area (Å²) in [5.41, 5.74) is 0. The first-order valence-electron chi connectivity index (χ1n) is 2.87. The molecule has 0 aliphatic carbocycles. The van der Waals surface area contributed by atoms with Gasteiger partial charge < -0.3 is 15.2 Å². The van der Waals surface area contributed by atoms with Crippen LogP contribution in [-0.2, 0) is 4.57 Å². The Labute approximate surface area is 56.0 Å². The highest BCUT2D eigenvalue weighted by atomic mass is 31.2. The second kappa shape index (κ2) is 5.95. The van der Waals surface area contributed by atoms with Crippen molar-refractivity contribution in [3.8, 4) is 0 Å². The summed E-state index contributed by atoms with van der Waals surface area (Å²) in [6.07, 6.45) is 0.553. The van der Waals surface area contributed by atoms with Crippen LogP contribution in [0.2, 0.25) is 1.41 Å². The zero-order chi connectivity index (χ0) is 8.62. The number of hydrogen-bond acceptors (Lipinski definition) is 2. The number of hydrogen-bond donors (Lipinski definition) is 3. The highest BCUT2D eigenvalue weighted by molar-refractivity contribution is 7.51. The summed E-state index contributed by atoms with van der Waals surface area (Å²) < 4.78 is 15.6. The maximum atomic E-state index is 9.93. The summed E-state index contributed by atoms with van der Waals surface area (Å²) in [4.78, 5) is 16.3. The quantitative estimate of drug-likeness (QED) is 0.408. The van der Waals surface area contributed by atoms with Gasteiger partial charge in [0.15, 0.2) is 1.41 Å². The van der Waals surface area contributed by atoms with Crippen molar-refractivity contribution < 1.29 is 15.8 Å². The average Bonchev–Trinajstić information content (AvgIpc) is 1.63. The molecule has 9 heavy (non-hydrogen) atoms. The van der Waals surface area contributed by atoms with Crippen molar-refractivity contribution in [2.24, 2.45) is 0 Å². The Morgan fingerprint density at radius 1 is 1.89 bits per heavy atom. The first-order valence-corrected chi connectivity index (χ1v) is 4.22. The van der Waals surface area contributed by atoms with Gasteiger partial charge in [0, 0.05) is 6.16 Å². The van der Waals surface area contributed by atoms with Crippen LogP contribution in [0.5, 0.6) is 0 Å². The van der Waals surface area contributed by atoms with E-state index in [1.807, 2.05) is 0 Å². The molecule has 0 aromatic rings. The Kier molecular flexibility index (Phi) is 5.83. The van der Waals surface area contributed by atoms with Gasteiger partial charge in [-0.3, -0.25) is 4.57 Å². The second-order valence-corrected chi connectivity index (χ2v) is 3.16. The average molecular weight is 155 g/mol. The molecule has 0 aliphatic heterocycles. The van der Waals surface area contributed by atoms with Gasteiger partial charge in [-0.05, 0) is 13.1 Å². The Morgan fingerprint density at radius 3 is 2.22 bits per heavy atom. The Hall–Kier alpha value is -0.180. The fraction of sp³-hybridized carbons (Fsp3) is 0.750. The van der Waals surface area contributed by atoms with Crippen molar-refractivity contribution in [3.05, 3.63) is 0 Å². The van der Waals surface area contributed by atoms with E-state index in [1.54, 1.807) is 6.92 Å². The predicted octanol–water partition coefficient (Wildman–Crippen LogP) is 0.840. The van der Waals surface area contributed by atoms with Gasteiger partial charge in [-0.15, -0.1) is 0 Å². The number of rotatable bonds is 2. The van der Waals surface area contributed by atoms with Crippen LogP contribution in [0.1, 0.15) is 13.3 Å². The molecule has 0 spiro atoms. The number of nitrogens with one attached hydrogen (secondary N) is 1. The van der Waals surface area contributed by atoms with Gasteiger partial charge in [-0.25, -0.2) is 0 Å². The fourth-order valence-corrected chi connectivity index (χ4v) is 0.874. The molecule has 0 amide bonds. The van der Waals surface area contributed by atoms with Crippen LogP contribution < -0.4 is 0 Å². The van der Waals surface area contributed by atoms with E-state index in [9.17, 15) is 4.57 Å². The lowest BCUT2D eigenvalue weighted by atomic mass is 10.6. The monoisotopic (exact) mass is 155 g/mol. The molecule has 0 rings (SSSR count). The van der Waals surface area contributed by atoms with E-state index in [-0.39, 0.29) is 6.16 Å². The fourth-order valence-electron chi connectivity index (χ4n) is 0.291. The third-order valence-corrected chi connectivity index (χ3v) is 1.54. The summed E-state index contributed by atoms with van der Waals surface area (Å²) in [6, 6.07) is 0. The molecule has 5 heteroatoms. The molecule has 0 saturated carbocycles. The predicted molar refractivity (Wildman–Crippen MR) is 37.0 cm³/mol. The SMILES string of the molecule is CCCP(=O)(O)O.[3H]N=C. The summed E-state index contributed by atoms with van der Waals surface area (Å²) in [5.74, 6) is 0. The van der Waals surface area contributed by atoms with E-state index in [0.717, 1.165) is 0 Å². The van der Waals surface area contributed by atoms with Gasteiger partial charge in [0.25, 0.3) is 0 Å². The topological polar surface area (TPSA) is 81.4 Å². The van der Waals surface area contributed by atoms with Gasteiger partial charge in [0.05, 0.1) is 0 Å². The summed E-state index contributed by atoms with van der Waals surface area (Å²) in [6.45, 7) is 4.51. The van der Waals surface area contributed by atoms with Crippen LogP contribution in [0, 0.1) is 5.40 Å². The molecule has 0 heterocycles. The smallest absolute Gasteiger partial charge is 0.324 e. The van der Waals surface area contributed by atoms with Gasteiger partial charge in [-0.1, -0.05) is 6.92 Å². The lowest BCUT2D eigenvalue weighted by Crippen LogP contribution is -1.82. The van der Waals surface area contributed by atoms with Crippen LogP contribution in [0.25, 0.3) is 0 Å². The largest absolute Gasteiger partial charge is 0.325 e. The zero-order valence-corrected chi connectivity index (χ0v) is 6.21. The van der Waals surface area contributed by atoms with Crippen molar-refractivity contribution in [2.45, 2.75) is 13.3 Å². The van der Waals surface area contributed by atoms with Crippen LogP contribution in [0.3, 0.4) is 0 Å². The van der Waals surface area contributed by atoms with Gasteiger partial charge in [0.1, 0.15) is 0 Å². The third kappa shape index (κ3) is 18.2. The van der Waals surface area contributed by atoms with Crippen molar-refractivity contribution in [3.63, 3.8) is 0 Å². The standard InChI is InChI=1S/C3H9O3P.CH3N/c1-2-3-7(4,5)6;1-2/h2-3H2,1H3,(H2,4,5,6);2H,1H2/i/hT. The molecule has 0 unspecified atom stereocenters. The maximum absolute atomic E-state index is 9.93. The van der Waals surface area contributed by atoms with E-state index < -0.39 is 7.60 Å². The van der Waals surface area contributed by atoms with Crippen molar-refractivity contribution in [2.75, 3.05) is 6.16 Å². The Morgan fingerprint density at radius 2 is 2.22 bits per heavy atom. The minimum atomic E-state index is -3.67. The zero-order valence-electron chi connectivity index (χ0n) is 6.32. The molecular weight excluding hydrogens is 141 g/mol. The molecule has 3 N–H and O–H groups in total. The van der Waals surface area contributed by atoms with Crippen LogP contribution in [-0.4, -0.2) is 22.7 Å². The van der Waals surface area contributed by atoms with E-state index in [0.29, 0.717) is 6.42 Å². The molecule has 0 bridgehead atoms. The van der Waals surface area contributed by atoms with Crippen molar-refractivity contribution in [1.82, 2.24) is 0 Å². The lowest BCUT2D eigenvalue weighted by Gasteiger charge is -1.96.